The fourth-order valence-corrected chi connectivity index (χ4v) is 3.22. The minimum absolute atomic E-state index is 0.0848. The second-order valence-electron chi connectivity index (χ2n) is 5.44. The molecule has 0 spiro atoms. The Morgan fingerprint density at radius 2 is 2.12 bits per heavy atom. The number of hydrogen-bond donors (Lipinski definition) is 2. The summed E-state index contributed by atoms with van der Waals surface area (Å²) in [4.78, 5) is 12.2. The van der Waals surface area contributed by atoms with Gasteiger partial charge >= 0.3 is 5.97 Å². The molecule has 2 aliphatic rings. The molecule has 1 aliphatic carbocycles. The van der Waals surface area contributed by atoms with Gasteiger partial charge in [0.15, 0.2) is 0 Å². The normalized spacial score (nSPS) is 34.8. The minimum Gasteiger partial charge on any atom is -0.468 e. The molecule has 0 aromatic rings. The van der Waals surface area contributed by atoms with Crippen molar-refractivity contribution in [2.45, 2.75) is 50.6 Å². The predicted octanol–water partition coefficient (Wildman–Crippen LogP) is 1.06. The number of methoxy groups -OCH3 is 1. The average Bonchev–Trinajstić information content (AvgIpc) is 2.84. The van der Waals surface area contributed by atoms with Gasteiger partial charge in [-0.05, 0) is 31.7 Å². The van der Waals surface area contributed by atoms with Crippen LogP contribution in [0.1, 0.15) is 39.0 Å². The molecule has 2 unspecified atom stereocenters. The molecule has 0 amide bonds. The van der Waals surface area contributed by atoms with Crippen LogP contribution in [0.5, 0.6) is 0 Å². The van der Waals surface area contributed by atoms with Crippen LogP contribution in [-0.2, 0) is 9.53 Å². The Bertz CT molecular complexity index is 277. The molecular weight excluding hydrogens is 216 g/mol. The second-order valence-corrected chi connectivity index (χ2v) is 5.44. The predicted molar refractivity (Wildman–Crippen MR) is 66.8 cm³/mol. The van der Waals surface area contributed by atoms with Crippen LogP contribution in [0.15, 0.2) is 0 Å². The molecule has 2 fully saturated rings. The fraction of sp³-hybridized carbons (Fsp3) is 0.923. The highest BCUT2D eigenvalue weighted by atomic mass is 16.5. The third kappa shape index (κ3) is 2.47. The number of carbonyl (C=O) groups excluding carboxylic acids is 1. The molecule has 1 saturated carbocycles. The third-order valence-electron chi connectivity index (χ3n) is 4.35. The van der Waals surface area contributed by atoms with Gasteiger partial charge in [0.2, 0.25) is 0 Å². The van der Waals surface area contributed by atoms with Gasteiger partial charge in [-0.25, -0.2) is 0 Å². The maximum absolute atomic E-state index is 12.2. The van der Waals surface area contributed by atoms with Crippen LogP contribution in [0.25, 0.3) is 0 Å². The highest BCUT2D eigenvalue weighted by molar-refractivity contribution is 5.81. The van der Waals surface area contributed by atoms with E-state index in [9.17, 15) is 4.79 Å². The van der Waals surface area contributed by atoms with Crippen LogP contribution in [0.3, 0.4) is 0 Å². The molecule has 1 heterocycles. The average molecular weight is 240 g/mol. The molecule has 0 bridgehead atoms. The van der Waals surface area contributed by atoms with Crippen LogP contribution in [0.2, 0.25) is 0 Å². The molecule has 2 rings (SSSR count). The Balaban J connectivity index is 2.12. The zero-order valence-corrected chi connectivity index (χ0v) is 10.9. The van der Waals surface area contributed by atoms with Gasteiger partial charge in [-0.1, -0.05) is 19.8 Å². The van der Waals surface area contributed by atoms with E-state index in [1.807, 2.05) is 0 Å². The number of piperidine rings is 1. The highest BCUT2D eigenvalue weighted by Crippen LogP contribution is 2.29. The Labute approximate surface area is 103 Å². The molecule has 4 nitrogen and oxygen atoms in total. The maximum Gasteiger partial charge on any atom is 0.326 e. The highest BCUT2D eigenvalue weighted by Gasteiger charge is 2.47. The smallest absolute Gasteiger partial charge is 0.326 e. The molecular formula is C13H24N2O2. The number of hydrogen-bond acceptors (Lipinski definition) is 4. The molecule has 17 heavy (non-hydrogen) atoms. The van der Waals surface area contributed by atoms with Crippen molar-refractivity contribution in [3.63, 3.8) is 0 Å². The first-order valence-corrected chi connectivity index (χ1v) is 6.76. The van der Waals surface area contributed by atoms with Crippen molar-refractivity contribution in [2.75, 3.05) is 20.2 Å². The first-order valence-electron chi connectivity index (χ1n) is 6.76. The van der Waals surface area contributed by atoms with Crippen molar-refractivity contribution in [1.82, 2.24) is 10.6 Å². The summed E-state index contributed by atoms with van der Waals surface area (Å²) in [5.41, 5.74) is -0.463. The minimum atomic E-state index is -0.463. The largest absolute Gasteiger partial charge is 0.468 e. The number of rotatable bonds is 3. The topological polar surface area (TPSA) is 50.4 Å². The van der Waals surface area contributed by atoms with E-state index in [1.54, 1.807) is 0 Å². The summed E-state index contributed by atoms with van der Waals surface area (Å²) in [7, 11) is 1.50. The van der Waals surface area contributed by atoms with Crippen molar-refractivity contribution in [1.29, 1.82) is 0 Å². The van der Waals surface area contributed by atoms with E-state index >= 15 is 0 Å². The molecule has 2 N–H and O–H groups in total. The van der Waals surface area contributed by atoms with Crippen molar-refractivity contribution in [3.05, 3.63) is 0 Å². The van der Waals surface area contributed by atoms with Gasteiger partial charge in [0.25, 0.3) is 0 Å². The Hall–Kier alpha value is -0.610. The molecule has 0 aromatic heterocycles. The van der Waals surface area contributed by atoms with Crippen molar-refractivity contribution >= 4 is 5.97 Å². The molecule has 2 atom stereocenters. The van der Waals surface area contributed by atoms with Crippen LogP contribution in [0, 0.1) is 5.92 Å². The summed E-state index contributed by atoms with van der Waals surface area (Å²) in [5, 5.41) is 6.96. The van der Waals surface area contributed by atoms with Crippen LogP contribution >= 0.6 is 0 Å². The lowest BCUT2D eigenvalue weighted by molar-refractivity contribution is -0.152. The van der Waals surface area contributed by atoms with Gasteiger partial charge in [-0.3, -0.25) is 10.1 Å². The van der Waals surface area contributed by atoms with Gasteiger partial charge in [0.1, 0.15) is 5.54 Å². The van der Waals surface area contributed by atoms with Gasteiger partial charge in [-0.15, -0.1) is 0 Å². The van der Waals surface area contributed by atoms with E-state index in [-0.39, 0.29) is 11.9 Å². The van der Waals surface area contributed by atoms with Gasteiger partial charge in [0, 0.05) is 12.6 Å². The quantitative estimate of drug-likeness (QED) is 0.724. The number of nitrogens with one attached hydrogen (secondary N) is 2. The standard InChI is InChI=1S/C13H24N2O2/c1-10-9-14-8-7-13(10,12(16)17-2)15-11-5-3-4-6-11/h10-11,14-15H,3-9H2,1-2H3. The zero-order chi connectivity index (χ0) is 12.3. The van der Waals surface area contributed by atoms with Crippen molar-refractivity contribution < 1.29 is 9.53 Å². The molecule has 1 aliphatic heterocycles. The summed E-state index contributed by atoms with van der Waals surface area (Å²) >= 11 is 0. The van der Waals surface area contributed by atoms with E-state index in [4.69, 9.17) is 4.74 Å². The molecule has 98 valence electrons. The number of esters is 1. The lowest BCUT2D eigenvalue weighted by atomic mass is 9.78. The monoisotopic (exact) mass is 240 g/mol. The SMILES string of the molecule is COC(=O)C1(NC2CCCC2)CCNCC1C. The van der Waals surface area contributed by atoms with Crippen LogP contribution in [-0.4, -0.2) is 37.7 Å². The third-order valence-corrected chi connectivity index (χ3v) is 4.35. The van der Waals surface area contributed by atoms with Crippen LogP contribution < -0.4 is 10.6 Å². The van der Waals surface area contributed by atoms with Crippen molar-refractivity contribution in [2.24, 2.45) is 5.92 Å². The second kappa shape index (κ2) is 5.36. The van der Waals surface area contributed by atoms with Gasteiger partial charge in [-0.2, -0.15) is 0 Å². The molecule has 0 aromatic carbocycles. The zero-order valence-electron chi connectivity index (χ0n) is 10.9. The Morgan fingerprint density at radius 1 is 1.41 bits per heavy atom. The summed E-state index contributed by atoms with van der Waals surface area (Å²) < 4.78 is 5.04. The Morgan fingerprint density at radius 3 is 2.71 bits per heavy atom. The fourth-order valence-electron chi connectivity index (χ4n) is 3.22. The van der Waals surface area contributed by atoms with E-state index in [0.29, 0.717) is 6.04 Å². The van der Waals surface area contributed by atoms with E-state index < -0.39 is 5.54 Å². The number of ether oxygens (including phenoxy) is 1. The van der Waals surface area contributed by atoms with Gasteiger partial charge < -0.3 is 10.1 Å². The summed E-state index contributed by atoms with van der Waals surface area (Å²) in [5.74, 6) is 0.197. The van der Waals surface area contributed by atoms with Gasteiger partial charge in [0.05, 0.1) is 7.11 Å². The van der Waals surface area contributed by atoms with Crippen molar-refractivity contribution in [3.8, 4) is 0 Å². The first-order chi connectivity index (χ1) is 8.19. The number of carbonyl (C=O) groups is 1. The van der Waals surface area contributed by atoms with E-state index in [1.165, 1.54) is 32.8 Å². The van der Waals surface area contributed by atoms with E-state index in [0.717, 1.165) is 19.5 Å². The summed E-state index contributed by atoms with van der Waals surface area (Å²) in [6.45, 7) is 3.90. The summed E-state index contributed by atoms with van der Waals surface area (Å²) in [6.07, 6.45) is 5.78. The molecule has 0 radical (unpaired) electrons. The first kappa shape index (κ1) is 12.8. The van der Waals surface area contributed by atoms with Crippen LogP contribution in [0.4, 0.5) is 0 Å². The lowest BCUT2D eigenvalue weighted by Gasteiger charge is -2.42. The maximum atomic E-state index is 12.2. The summed E-state index contributed by atoms with van der Waals surface area (Å²) in [6, 6.07) is 0.495. The molecule has 1 saturated heterocycles. The van der Waals surface area contributed by atoms with E-state index in [2.05, 4.69) is 17.6 Å². The lowest BCUT2D eigenvalue weighted by Crippen LogP contribution is -2.65. The molecule has 4 heteroatoms. The Kier molecular flexibility index (Phi) is 4.05.